The van der Waals surface area contributed by atoms with Crippen LogP contribution >= 0.6 is 0 Å². The Morgan fingerprint density at radius 1 is 0.333 bits per heavy atom. The second-order valence-electron chi connectivity index (χ2n) is 17.5. The molecule has 5 aliphatic rings. The highest BCUT2D eigenvalue weighted by molar-refractivity contribution is 5.88. The fourth-order valence-corrected chi connectivity index (χ4v) is 9.01. The Morgan fingerprint density at radius 3 is 0.931 bits per heavy atom. The predicted molar refractivity (Wildman–Crippen MR) is 269 cm³/mol. The lowest BCUT2D eigenvalue weighted by atomic mass is 9.91. The molecular formula is C58H62O14. The molecule has 0 radical (unpaired) electrons. The van der Waals surface area contributed by atoms with Crippen molar-refractivity contribution in [2.75, 3.05) is 106 Å². The molecule has 0 atom stereocenters. The third-order valence-corrected chi connectivity index (χ3v) is 12.4. The summed E-state index contributed by atoms with van der Waals surface area (Å²) in [5.74, 6) is 4.01. The molecule has 378 valence electrons. The van der Waals surface area contributed by atoms with Gasteiger partial charge in [0.05, 0.1) is 58.4 Å². The summed E-state index contributed by atoms with van der Waals surface area (Å²) < 4.78 is 75.8. The summed E-state index contributed by atoms with van der Waals surface area (Å²) in [4.78, 5) is 11.8. The van der Waals surface area contributed by atoms with Crippen molar-refractivity contribution in [3.63, 3.8) is 0 Å². The summed E-state index contributed by atoms with van der Waals surface area (Å²) in [6.07, 6.45) is 2.06. The largest absolute Gasteiger partial charge is 0.491 e. The van der Waals surface area contributed by atoms with Gasteiger partial charge >= 0.3 is 5.97 Å². The normalized spacial score (nSPS) is 16.6. The highest BCUT2D eigenvalue weighted by Crippen LogP contribution is 2.39. The van der Waals surface area contributed by atoms with Crippen LogP contribution in [0.15, 0.2) is 109 Å². The Balaban J connectivity index is 1.09. The average Bonchev–Trinajstić information content (AvgIpc) is 3.37. The molecule has 0 saturated carbocycles. The van der Waals surface area contributed by atoms with Gasteiger partial charge in [-0.25, -0.2) is 4.79 Å². The number of ether oxygens (including phenoxy) is 12. The number of carboxylic acid groups (broad SMARTS) is 1. The van der Waals surface area contributed by atoms with Crippen LogP contribution < -0.4 is 37.9 Å². The van der Waals surface area contributed by atoms with E-state index in [-0.39, 0.29) is 58.4 Å². The average molecular weight is 983 g/mol. The summed E-state index contributed by atoms with van der Waals surface area (Å²) >= 11 is 0. The van der Waals surface area contributed by atoms with Crippen molar-refractivity contribution in [2.24, 2.45) is 0 Å². The van der Waals surface area contributed by atoms with Crippen LogP contribution in [0.2, 0.25) is 0 Å². The Labute approximate surface area is 420 Å². The summed E-state index contributed by atoms with van der Waals surface area (Å²) in [6, 6.07) is 35.6. The predicted octanol–water partition coefficient (Wildman–Crippen LogP) is 8.89. The minimum atomic E-state index is -1.07. The smallest absolute Gasteiger partial charge is 0.335 e. The molecule has 11 rings (SSSR count). The molecule has 12 bridgehead atoms. The summed E-state index contributed by atoms with van der Waals surface area (Å²) in [7, 11) is 0. The van der Waals surface area contributed by atoms with E-state index in [1.807, 2.05) is 25.1 Å². The fraction of sp³-hybridized carbons (Fsp3) is 0.362. The number of carboxylic acids is 1. The van der Waals surface area contributed by atoms with Crippen molar-refractivity contribution >= 4 is 5.97 Å². The van der Waals surface area contributed by atoms with Crippen molar-refractivity contribution < 1.29 is 66.7 Å². The van der Waals surface area contributed by atoms with E-state index in [2.05, 4.69) is 72.8 Å². The van der Waals surface area contributed by atoms with E-state index in [0.29, 0.717) is 102 Å². The molecule has 0 spiro atoms. The van der Waals surface area contributed by atoms with Gasteiger partial charge in [-0.15, -0.1) is 0 Å². The monoisotopic (exact) mass is 982 g/mol. The number of hydrogen-bond donors (Lipinski definition) is 1. The number of carbonyl (C=O) groups is 1. The van der Waals surface area contributed by atoms with Crippen molar-refractivity contribution in [3.8, 4) is 46.0 Å². The first-order chi connectivity index (χ1) is 35.5. The molecule has 72 heavy (non-hydrogen) atoms. The van der Waals surface area contributed by atoms with Crippen LogP contribution in [0, 0.1) is 6.92 Å². The minimum absolute atomic E-state index is 0.0836. The zero-order valence-electron chi connectivity index (χ0n) is 40.8. The first-order valence-corrected chi connectivity index (χ1v) is 24.7. The second-order valence-corrected chi connectivity index (χ2v) is 17.5. The van der Waals surface area contributed by atoms with E-state index in [4.69, 9.17) is 56.8 Å². The number of para-hydroxylation sites is 4. The van der Waals surface area contributed by atoms with Gasteiger partial charge in [0.1, 0.15) is 75.9 Å². The molecule has 0 fully saturated rings. The van der Waals surface area contributed by atoms with Gasteiger partial charge in [-0.2, -0.15) is 0 Å². The Kier molecular flexibility index (Phi) is 17.7. The van der Waals surface area contributed by atoms with Crippen molar-refractivity contribution in [3.05, 3.63) is 165 Å². The summed E-state index contributed by atoms with van der Waals surface area (Å²) in [5.41, 5.74) is 9.07. The van der Waals surface area contributed by atoms with Crippen LogP contribution in [0.4, 0.5) is 0 Å². The Morgan fingerprint density at radius 2 is 0.611 bits per heavy atom. The van der Waals surface area contributed by atoms with Gasteiger partial charge in [0.15, 0.2) is 23.0 Å². The van der Waals surface area contributed by atoms with Gasteiger partial charge in [-0.05, 0) is 87.3 Å². The number of fused-ring (bicyclic) bond motifs is 24. The fourth-order valence-electron chi connectivity index (χ4n) is 9.01. The van der Waals surface area contributed by atoms with Gasteiger partial charge in [0.2, 0.25) is 0 Å². The number of hydrogen-bond acceptors (Lipinski definition) is 13. The third-order valence-electron chi connectivity index (χ3n) is 12.4. The van der Waals surface area contributed by atoms with Crippen LogP contribution in [0.1, 0.15) is 60.4 Å². The van der Waals surface area contributed by atoms with Crippen molar-refractivity contribution in [1.82, 2.24) is 0 Å². The Bertz CT molecular complexity index is 2750. The van der Waals surface area contributed by atoms with Gasteiger partial charge < -0.3 is 61.9 Å². The Hall–Kier alpha value is -6.97. The maximum absolute atomic E-state index is 11.8. The zero-order chi connectivity index (χ0) is 49.3. The summed E-state index contributed by atoms with van der Waals surface area (Å²) in [5, 5.41) is 9.69. The van der Waals surface area contributed by atoms with Crippen molar-refractivity contribution in [2.45, 2.75) is 32.6 Å². The molecule has 14 nitrogen and oxygen atoms in total. The molecule has 14 heteroatoms. The highest BCUT2D eigenvalue weighted by Gasteiger charge is 2.23. The van der Waals surface area contributed by atoms with E-state index in [1.165, 1.54) is 12.1 Å². The SMILES string of the molecule is Cc1ccc2c(c1)OCCOCCOc1c3cccc1Cc1cccc4c1OCCOCCOc1cc(C(=O)O)ccc1OCCOCCOc1c(cccc1C3)Cc1cccc(c1OCCOCCO2)C4. The molecule has 0 aromatic heterocycles. The molecule has 6 aromatic rings. The van der Waals surface area contributed by atoms with Gasteiger partial charge in [-0.3, -0.25) is 0 Å². The molecule has 1 aliphatic carbocycles. The maximum atomic E-state index is 11.8. The maximum Gasteiger partial charge on any atom is 0.335 e. The molecule has 0 amide bonds. The van der Waals surface area contributed by atoms with Crippen LogP contribution in [-0.4, -0.2) is 117 Å². The van der Waals surface area contributed by atoms with Crippen LogP contribution in [-0.2, 0) is 44.6 Å². The molecule has 4 heterocycles. The molecule has 6 aromatic carbocycles. The van der Waals surface area contributed by atoms with Crippen LogP contribution in [0.25, 0.3) is 0 Å². The quantitative estimate of drug-likeness (QED) is 0.156. The molecule has 1 N–H and O–H groups in total. The summed E-state index contributed by atoms with van der Waals surface area (Å²) in [6.45, 7) is 6.60. The highest BCUT2D eigenvalue weighted by atomic mass is 16.6. The van der Waals surface area contributed by atoms with Crippen molar-refractivity contribution in [1.29, 1.82) is 0 Å². The standard InChI is InChI=1S/C58H62O14/c1-40-14-16-50-52(34-40)67-28-20-63-24-32-71-56-45-10-4-11-46(56)38-48-13-5-12-47-37-43-8-2-6-41(54(43)69-30-22-61-18-26-65-50)35-42-7-3-9-44(36-45)55(42)70-31-23-62-19-27-66-51-17-15-49(58(59)60)39-53(51)68-29-21-64-25-33-72-57(47)48/h2-17,34,39H,18-33,35-38H2,1H3,(H,59,60). The van der Waals surface area contributed by atoms with Crippen LogP contribution in [0.5, 0.6) is 46.0 Å². The topological polar surface area (TPSA) is 148 Å². The molecular weight excluding hydrogens is 921 g/mol. The van der Waals surface area contributed by atoms with Gasteiger partial charge in [0.25, 0.3) is 0 Å². The lowest BCUT2D eigenvalue weighted by Gasteiger charge is -2.23. The van der Waals surface area contributed by atoms with Crippen LogP contribution in [0.3, 0.4) is 0 Å². The molecule has 4 aliphatic heterocycles. The van der Waals surface area contributed by atoms with E-state index < -0.39 is 5.97 Å². The number of aromatic carboxylic acids is 1. The van der Waals surface area contributed by atoms with E-state index in [0.717, 1.165) is 73.1 Å². The zero-order valence-corrected chi connectivity index (χ0v) is 40.8. The number of aryl methyl sites for hydroxylation is 1. The first kappa shape index (κ1) is 50.0. The second kappa shape index (κ2) is 25.4. The number of benzene rings is 6. The minimum Gasteiger partial charge on any atom is -0.491 e. The lowest BCUT2D eigenvalue weighted by molar-refractivity contribution is 0.0681. The van der Waals surface area contributed by atoms with E-state index in [1.54, 1.807) is 6.07 Å². The lowest BCUT2D eigenvalue weighted by Crippen LogP contribution is -2.15. The molecule has 0 unspecified atom stereocenters. The van der Waals surface area contributed by atoms with E-state index >= 15 is 0 Å². The number of rotatable bonds is 1. The van der Waals surface area contributed by atoms with E-state index in [9.17, 15) is 9.90 Å². The van der Waals surface area contributed by atoms with Gasteiger partial charge in [-0.1, -0.05) is 78.9 Å². The molecule has 0 saturated heterocycles. The van der Waals surface area contributed by atoms with Gasteiger partial charge in [0, 0.05) is 25.7 Å². The third kappa shape index (κ3) is 13.3. The first-order valence-electron chi connectivity index (χ1n) is 24.7.